The predicted molar refractivity (Wildman–Crippen MR) is 100 cm³/mol. The Morgan fingerprint density at radius 2 is 0.769 bits per heavy atom. The quantitative estimate of drug-likeness (QED) is 0.711. The number of ether oxygens (including phenoxy) is 6. The van der Waals surface area contributed by atoms with E-state index in [1.165, 1.54) is 0 Å². The summed E-state index contributed by atoms with van der Waals surface area (Å²) >= 11 is 0. The minimum atomic E-state index is 0.539. The molecular weight excluding hydrogens is 338 g/mol. The predicted octanol–water partition coefficient (Wildman–Crippen LogP) is 3.51. The van der Waals surface area contributed by atoms with Crippen LogP contribution >= 0.6 is 0 Å². The SMILES string of the molecule is COc1cc(N(C)c2cc(OC)c(OC)c(OC)c2)cc(OC)c1OC. The average Bonchev–Trinajstić information content (AvgIpc) is 2.70. The van der Waals surface area contributed by atoms with E-state index in [4.69, 9.17) is 28.4 Å². The molecule has 0 aromatic heterocycles. The van der Waals surface area contributed by atoms with Gasteiger partial charge in [-0.15, -0.1) is 0 Å². The number of benzene rings is 2. The second kappa shape index (κ2) is 8.42. The van der Waals surface area contributed by atoms with E-state index in [0.717, 1.165) is 11.4 Å². The van der Waals surface area contributed by atoms with Gasteiger partial charge in [-0.3, -0.25) is 0 Å². The fraction of sp³-hybridized carbons (Fsp3) is 0.368. The molecule has 2 aromatic rings. The minimum absolute atomic E-state index is 0.539. The molecule has 0 radical (unpaired) electrons. The van der Waals surface area contributed by atoms with Gasteiger partial charge in [0.1, 0.15) is 0 Å². The summed E-state index contributed by atoms with van der Waals surface area (Å²) in [5, 5.41) is 0. The summed E-state index contributed by atoms with van der Waals surface area (Å²) in [6.45, 7) is 0. The topological polar surface area (TPSA) is 58.6 Å². The van der Waals surface area contributed by atoms with E-state index in [1.54, 1.807) is 42.7 Å². The molecule has 7 nitrogen and oxygen atoms in total. The molecule has 0 amide bonds. The first-order chi connectivity index (χ1) is 12.5. The van der Waals surface area contributed by atoms with Gasteiger partial charge in [0.15, 0.2) is 23.0 Å². The van der Waals surface area contributed by atoms with Crippen molar-refractivity contribution in [2.75, 3.05) is 54.6 Å². The highest BCUT2D eigenvalue weighted by molar-refractivity contribution is 5.73. The lowest BCUT2D eigenvalue weighted by atomic mass is 10.2. The molecule has 0 aliphatic heterocycles. The lowest BCUT2D eigenvalue weighted by Gasteiger charge is -2.24. The fourth-order valence-electron chi connectivity index (χ4n) is 2.67. The maximum Gasteiger partial charge on any atom is 0.203 e. The first-order valence-electron chi connectivity index (χ1n) is 7.88. The Morgan fingerprint density at radius 1 is 0.500 bits per heavy atom. The molecule has 0 fully saturated rings. The highest BCUT2D eigenvalue weighted by Gasteiger charge is 2.19. The number of methoxy groups -OCH3 is 6. The second-order valence-corrected chi connectivity index (χ2v) is 5.33. The zero-order chi connectivity index (χ0) is 19.3. The van der Waals surface area contributed by atoms with Crippen LogP contribution in [0, 0.1) is 0 Å². The summed E-state index contributed by atoms with van der Waals surface area (Å²) in [6.07, 6.45) is 0. The zero-order valence-corrected chi connectivity index (χ0v) is 16.2. The Kier molecular flexibility index (Phi) is 6.27. The van der Waals surface area contributed by atoms with Gasteiger partial charge in [-0.05, 0) is 0 Å². The molecule has 0 saturated carbocycles. The van der Waals surface area contributed by atoms with Gasteiger partial charge < -0.3 is 33.3 Å². The van der Waals surface area contributed by atoms with Gasteiger partial charge in [0, 0.05) is 42.7 Å². The van der Waals surface area contributed by atoms with Crippen LogP contribution in [0.25, 0.3) is 0 Å². The van der Waals surface area contributed by atoms with Crippen molar-refractivity contribution in [1.82, 2.24) is 0 Å². The summed E-state index contributed by atoms with van der Waals surface area (Å²) in [5.41, 5.74) is 1.68. The molecule has 0 bridgehead atoms. The van der Waals surface area contributed by atoms with Crippen molar-refractivity contribution in [1.29, 1.82) is 0 Å². The Balaban J connectivity index is 2.57. The third kappa shape index (κ3) is 3.51. The Hall–Kier alpha value is -2.96. The van der Waals surface area contributed by atoms with Crippen molar-refractivity contribution in [2.45, 2.75) is 0 Å². The van der Waals surface area contributed by atoms with Crippen molar-refractivity contribution in [3.05, 3.63) is 24.3 Å². The van der Waals surface area contributed by atoms with E-state index in [-0.39, 0.29) is 0 Å². The molecule has 0 aliphatic carbocycles. The van der Waals surface area contributed by atoms with Crippen LogP contribution in [0.1, 0.15) is 0 Å². The number of nitrogens with zero attached hydrogens (tertiary/aromatic N) is 1. The summed E-state index contributed by atoms with van der Waals surface area (Å²) in [7, 11) is 11.4. The van der Waals surface area contributed by atoms with Gasteiger partial charge in [0.2, 0.25) is 11.5 Å². The third-order valence-corrected chi connectivity index (χ3v) is 4.07. The average molecular weight is 363 g/mol. The second-order valence-electron chi connectivity index (χ2n) is 5.33. The van der Waals surface area contributed by atoms with E-state index in [2.05, 4.69) is 0 Å². The zero-order valence-electron chi connectivity index (χ0n) is 16.2. The van der Waals surface area contributed by atoms with Crippen molar-refractivity contribution < 1.29 is 28.4 Å². The van der Waals surface area contributed by atoms with Crippen LogP contribution in [-0.2, 0) is 0 Å². The standard InChI is InChI=1S/C19H25NO6/c1-20(12-8-14(21-2)18(25-6)15(9-12)22-3)13-10-16(23-4)19(26-7)17(11-13)24-5/h8-11H,1-7H3. The lowest BCUT2D eigenvalue weighted by Crippen LogP contribution is -2.11. The smallest absolute Gasteiger partial charge is 0.203 e. The minimum Gasteiger partial charge on any atom is -0.493 e. The summed E-state index contributed by atoms with van der Waals surface area (Å²) in [6, 6.07) is 7.46. The molecule has 0 saturated heterocycles. The number of hydrogen-bond donors (Lipinski definition) is 0. The van der Waals surface area contributed by atoms with E-state index < -0.39 is 0 Å². The van der Waals surface area contributed by atoms with E-state index in [9.17, 15) is 0 Å². The fourth-order valence-corrected chi connectivity index (χ4v) is 2.67. The molecule has 0 N–H and O–H groups in total. The van der Waals surface area contributed by atoms with Crippen LogP contribution in [0.5, 0.6) is 34.5 Å². The molecule has 0 aliphatic rings. The van der Waals surface area contributed by atoms with Gasteiger partial charge in [-0.25, -0.2) is 0 Å². The molecule has 7 heteroatoms. The van der Waals surface area contributed by atoms with Crippen LogP contribution in [0.3, 0.4) is 0 Å². The highest BCUT2D eigenvalue weighted by Crippen LogP contribution is 2.45. The summed E-state index contributed by atoms with van der Waals surface area (Å²) in [4.78, 5) is 1.95. The number of rotatable bonds is 8. The molecule has 0 atom stereocenters. The molecular formula is C19H25NO6. The van der Waals surface area contributed by atoms with Crippen molar-refractivity contribution >= 4 is 11.4 Å². The van der Waals surface area contributed by atoms with E-state index in [0.29, 0.717) is 34.5 Å². The van der Waals surface area contributed by atoms with E-state index >= 15 is 0 Å². The molecule has 0 heterocycles. The maximum absolute atomic E-state index is 5.43. The molecule has 26 heavy (non-hydrogen) atoms. The van der Waals surface area contributed by atoms with Crippen molar-refractivity contribution in [3.63, 3.8) is 0 Å². The number of hydrogen-bond acceptors (Lipinski definition) is 7. The summed E-state index contributed by atoms with van der Waals surface area (Å²) < 4.78 is 32.5. The van der Waals surface area contributed by atoms with Crippen LogP contribution in [0.2, 0.25) is 0 Å². The molecule has 0 spiro atoms. The Labute approximate surface area is 153 Å². The third-order valence-electron chi connectivity index (χ3n) is 4.07. The monoisotopic (exact) mass is 363 g/mol. The van der Waals surface area contributed by atoms with E-state index in [1.807, 2.05) is 36.2 Å². The Morgan fingerprint density at radius 3 is 0.962 bits per heavy atom. The van der Waals surface area contributed by atoms with Crippen LogP contribution < -0.4 is 33.3 Å². The molecule has 2 rings (SSSR count). The van der Waals surface area contributed by atoms with Crippen molar-refractivity contribution in [2.24, 2.45) is 0 Å². The van der Waals surface area contributed by atoms with Crippen molar-refractivity contribution in [3.8, 4) is 34.5 Å². The van der Waals surface area contributed by atoms with Crippen LogP contribution in [-0.4, -0.2) is 49.7 Å². The first-order valence-corrected chi connectivity index (χ1v) is 7.88. The van der Waals surface area contributed by atoms with Gasteiger partial charge in [0.05, 0.1) is 42.7 Å². The largest absolute Gasteiger partial charge is 0.493 e. The lowest BCUT2D eigenvalue weighted by molar-refractivity contribution is 0.324. The highest BCUT2D eigenvalue weighted by atomic mass is 16.5. The van der Waals surface area contributed by atoms with Crippen LogP contribution in [0.4, 0.5) is 11.4 Å². The molecule has 142 valence electrons. The Bertz CT molecular complexity index is 648. The summed E-state index contributed by atoms with van der Waals surface area (Å²) in [5.74, 6) is 3.36. The van der Waals surface area contributed by atoms with Crippen LogP contribution in [0.15, 0.2) is 24.3 Å². The molecule has 0 unspecified atom stereocenters. The van der Waals surface area contributed by atoms with Gasteiger partial charge in [0.25, 0.3) is 0 Å². The number of anilines is 2. The van der Waals surface area contributed by atoms with Gasteiger partial charge in [-0.2, -0.15) is 0 Å². The first kappa shape index (κ1) is 19.4. The normalized spacial score (nSPS) is 10.1. The maximum atomic E-state index is 5.43. The molecule has 2 aromatic carbocycles. The van der Waals surface area contributed by atoms with Gasteiger partial charge in [-0.1, -0.05) is 0 Å². The van der Waals surface area contributed by atoms with Gasteiger partial charge >= 0.3 is 0 Å².